The van der Waals surface area contributed by atoms with Crippen molar-refractivity contribution in [2.75, 3.05) is 36.8 Å². The van der Waals surface area contributed by atoms with Gasteiger partial charge in [0, 0.05) is 13.1 Å². The van der Waals surface area contributed by atoms with Crippen LogP contribution in [0.1, 0.15) is 25.7 Å². The van der Waals surface area contributed by atoms with Crippen LogP contribution in [-0.4, -0.2) is 46.1 Å². The Morgan fingerprint density at radius 3 is 2.38 bits per heavy atom. The molecule has 2 aliphatic rings. The zero-order valence-corrected chi connectivity index (χ0v) is 15.2. The van der Waals surface area contributed by atoms with Crippen molar-refractivity contribution in [3.63, 3.8) is 0 Å². The zero-order valence-electron chi connectivity index (χ0n) is 13.6. The minimum absolute atomic E-state index is 0. The molecule has 134 valence electrons. The average Bonchev–Trinajstić information content (AvgIpc) is 3.03. The van der Waals surface area contributed by atoms with E-state index in [0.29, 0.717) is 11.6 Å². The number of aromatic nitrogens is 4. The molecule has 0 saturated carbocycles. The highest BCUT2D eigenvalue weighted by Gasteiger charge is 2.29. The molecule has 0 bridgehead atoms. The Balaban J connectivity index is 0.00000104. The Kier molecular flexibility index (Phi) is 6.48. The van der Waals surface area contributed by atoms with Gasteiger partial charge in [-0.25, -0.2) is 4.98 Å². The van der Waals surface area contributed by atoms with Crippen LogP contribution in [0.3, 0.4) is 0 Å². The van der Waals surface area contributed by atoms with Gasteiger partial charge in [-0.1, -0.05) is 0 Å². The standard InChI is InChI=1S/C15H23N7.2ClH/c16-15-20-13-12(18-9-19-13)14(21-15)22-7-3-11(4-8-22)10-1-5-17-6-2-10;;/h9-11,17H,1-8H2,(H3,16,18,19,20,21);2*1H. The third-order valence-corrected chi connectivity index (χ3v) is 5.17. The lowest BCUT2D eigenvalue weighted by Gasteiger charge is -2.38. The first kappa shape index (κ1) is 19.0. The largest absolute Gasteiger partial charge is 0.368 e. The van der Waals surface area contributed by atoms with E-state index in [9.17, 15) is 0 Å². The second-order valence-corrected chi connectivity index (χ2v) is 6.42. The topological polar surface area (TPSA) is 95.8 Å². The molecule has 2 aromatic rings. The molecule has 0 amide bonds. The molecule has 0 unspecified atom stereocenters. The van der Waals surface area contributed by atoms with Crippen LogP contribution in [0.15, 0.2) is 6.33 Å². The summed E-state index contributed by atoms with van der Waals surface area (Å²) in [4.78, 5) is 18.3. The number of fused-ring (bicyclic) bond motifs is 1. The minimum Gasteiger partial charge on any atom is -0.368 e. The maximum Gasteiger partial charge on any atom is 0.224 e. The molecule has 0 radical (unpaired) electrons. The number of nitrogens with one attached hydrogen (secondary N) is 2. The number of hydrogen-bond donors (Lipinski definition) is 3. The van der Waals surface area contributed by atoms with Crippen LogP contribution >= 0.6 is 24.8 Å². The zero-order chi connectivity index (χ0) is 14.9. The van der Waals surface area contributed by atoms with Crippen molar-refractivity contribution in [1.82, 2.24) is 25.3 Å². The number of nitrogen functional groups attached to an aromatic ring is 1. The lowest BCUT2D eigenvalue weighted by atomic mass is 9.79. The van der Waals surface area contributed by atoms with E-state index >= 15 is 0 Å². The quantitative estimate of drug-likeness (QED) is 0.744. The predicted octanol–water partition coefficient (Wildman–Crippen LogP) is 1.99. The Hall–Kier alpha value is -1.31. The number of imidazole rings is 1. The number of nitrogens with two attached hydrogens (primary N) is 1. The van der Waals surface area contributed by atoms with Crippen LogP contribution in [-0.2, 0) is 0 Å². The monoisotopic (exact) mass is 373 g/mol. The summed E-state index contributed by atoms with van der Waals surface area (Å²) in [7, 11) is 0. The fraction of sp³-hybridized carbons (Fsp3) is 0.667. The molecule has 0 spiro atoms. The van der Waals surface area contributed by atoms with Crippen molar-refractivity contribution >= 4 is 47.7 Å². The van der Waals surface area contributed by atoms with Crippen LogP contribution in [0.4, 0.5) is 11.8 Å². The maximum atomic E-state index is 5.83. The summed E-state index contributed by atoms with van der Waals surface area (Å²) in [5.74, 6) is 2.96. The lowest BCUT2D eigenvalue weighted by molar-refractivity contribution is 0.222. The van der Waals surface area contributed by atoms with Gasteiger partial charge in [0.15, 0.2) is 11.5 Å². The van der Waals surface area contributed by atoms with E-state index in [4.69, 9.17) is 5.73 Å². The van der Waals surface area contributed by atoms with Crippen molar-refractivity contribution in [3.8, 4) is 0 Å². The number of anilines is 2. The van der Waals surface area contributed by atoms with Crippen LogP contribution in [0, 0.1) is 11.8 Å². The number of hydrogen-bond acceptors (Lipinski definition) is 6. The highest BCUT2D eigenvalue weighted by Crippen LogP contribution is 2.33. The van der Waals surface area contributed by atoms with Crippen LogP contribution in [0.2, 0.25) is 0 Å². The fourth-order valence-electron chi connectivity index (χ4n) is 3.96. The SMILES string of the molecule is Cl.Cl.Nc1nc(N2CCC(C3CCNCC3)CC2)c2[nH]cnc2n1. The lowest BCUT2D eigenvalue weighted by Crippen LogP contribution is -2.39. The number of rotatable bonds is 2. The van der Waals surface area contributed by atoms with Gasteiger partial charge in [-0.2, -0.15) is 9.97 Å². The number of H-pyrrole nitrogens is 1. The van der Waals surface area contributed by atoms with Crippen molar-refractivity contribution in [1.29, 1.82) is 0 Å². The molecule has 0 aromatic carbocycles. The minimum atomic E-state index is 0. The highest BCUT2D eigenvalue weighted by atomic mass is 35.5. The van der Waals surface area contributed by atoms with Gasteiger partial charge in [-0.15, -0.1) is 24.8 Å². The summed E-state index contributed by atoms with van der Waals surface area (Å²) in [6.07, 6.45) is 6.80. The summed E-state index contributed by atoms with van der Waals surface area (Å²) in [5, 5.41) is 3.46. The summed E-state index contributed by atoms with van der Waals surface area (Å²) in [6.45, 7) is 4.45. The first-order chi connectivity index (χ1) is 10.8. The van der Waals surface area contributed by atoms with E-state index in [2.05, 4.69) is 30.2 Å². The van der Waals surface area contributed by atoms with Gasteiger partial charge in [0.2, 0.25) is 5.95 Å². The Morgan fingerprint density at radius 1 is 1.00 bits per heavy atom. The predicted molar refractivity (Wildman–Crippen MR) is 101 cm³/mol. The second-order valence-electron chi connectivity index (χ2n) is 6.42. The van der Waals surface area contributed by atoms with Crippen LogP contribution in [0.25, 0.3) is 11.2 Å². The summed E-state index contributed by atoms with van der Waals surface area (Å²) >= 11 is 0. The maximum absolute atomic E-state index is 5.83. The molecule has 2 aromatic heterocycles. The molecule has 0 atom stereocenters. The van der Waals surface area contributed by atoms with Crippen molar-refractivity contribution in [2.24, 2.45) is 11.8 Å². The molecule has 4 rings (SSSR count). The number of nitrogens with zero attached hydrogens (tertiary/aromatic N) is 4. The van der Waals surface area contributed by atoms with Gasteiger partial charge < -0.3 is 20.9 Å². The summed E-state index contributed by atoms with van der Waals surface area (Å²) in [6, 6.07) is 0. The molecular weight excluding hydrogens is 349 g/mol. The van der Waals surface area contributed by atoms with Gasteiger partial charge in [-0.3, -0.25) is 0 Å². The van der Waals surface area contributed by atoms with Crippen molar-refractivity contribution in [2.45, 2.75) is 25.7 Å². The number of halogens is 2. The Bertz CT molecular complexity index is 648. The molecule has 7 nitrogen and oxygen atoms in total. The normalized spacial score (nSPS) is 19.8. The van der Waals surface area contributed by atoms with Crippen molar-refractivity contribution < 1.29 is 0 Å². The Labute approximate surface area is 154 Å². The third-order valence-electron chi connectivity index (χ3n) is 5.17. The number of piperidine rings is 2. The molecule has 24 heavy (non-hydrogen) atoms. The molecule has 2 fully saturated rings. The first-order valence-corrected chi connectivity index (χ1v) is 8.23. The van der Waals surface area contributed by atoms with E-state index in [1.54, 1.807) is 6.33 Å². The van der Waals surface area contributed by atoms with Crippen molar-refractivity contribution in [3.05, 3.63) is 6.33 Å². The van der Waals surface area contributed by atoms with E-state index < -0.39 is 0 Å². The average molecular weight is 374 g/mol. The highest BCUT2D eigenvalue weighted by molar-refractivity contribution is 5.85. The smallest absolute Gasteiger partial charge is 0.224 e. The molecule has 0 aliphatic carbocycles. The van der Waals surface area contributed by atoms with E-state index in [1.807, 2.05) is 0 Å². The molecular formula is C15H25Cl2N7. The van der Waals surface area contributed by atoms with Gasteiger partial charge in [-0.05, 0) is 50.6 Å². The van der Waals surface area contributed by atoms with Gasteiger partial charge in [0.05, 0.1) is 6.33 Å². The molecule has 2 saturated heterocycles. The molecule has 2 aliphatic heterocycles. The molecule has 4 N–H and O–H groups in total. The molecule has 9 heteroatoms. The summed E-state index contributed by atoms with van der Waals surface area (Å²) < 4.78 is 0. The van der Waals surface area contributed by atoms with Gasteiger partial charge in [0.25, 0.3) is 0 Å². The number of aromatic amines is 1. The van der Waals surface area contributed by atoms with Crippen LogP contribution < -0.4 is 16.0 Å². The molecule has 4 heterocycles. The van der Waals surface area contributed by atoms with E-state index in [0.717, 1.165) is 36.3 Å². The first-order valence-electron chi connectivity index (χ1n) is 8.23. The van der Waals surface area contributed by atoms with E-state index in [-0.39, 0.29) is 24.8 Å². The second kappa shape index (κ2) is 8.18. The Morgan fingerprint density at radius 2 is 1.67 bits per heavy atom. The van der Waals surface area contributed by atoms with E-state index in [1.165, 1.54) is 38.8 Å². The fourth-order valence-corrected chi connectivity index (χ4v) is 3.96. The van der Waals surface area contributed by atoms with Crippen LogP contribution in [0.5, 0.6) is 0 Å². The third kappa shape index (κ3) is 3.68. The van der Waals surface area contributed by atoms with Gasteiger partial charge >= 0.3 is 0 Å². The van der Waals surface area contributed by atoms with Gasteiger partial charge in [0.1, 0.15) is 5.52 Å². The summed E-state index contributed by atoms with van der Waals surface area (Å²) in [5.41, 5.74) is 7.38.